The fourth-order valence-corrected chi connectivity index (χ4v) is 3.79. The molecule has 2 fully saturated rings. The molecule has 0 bridgehead atoms. The van der Waals surface area contributed by atoms with Crippen LogP contribution in [0.2, 0.25) is 0 Å². The highest BCUT2D eigenvalue weighted by molar-refractivity contribution is 5.78. The predicted molar refractivity (Wildman–Crippen MR) is 96.3 cm³/mol. The molecule has 0 spiro atoms. The lowest BCUT2D eigenvalue weighted by molar-refractivity contribution is -0.132. The number of piperidine rings is 1. The third-order valence-corrected chi connectivity index (χ3v) is 5.14. The van der Waals surface area contributed by atoms with Crippen LogP contribution in [0.3, 0.4) is 0 Å². The van der Waals surface area contributed by atoms with Crippen LogP contribution in [0.1, 0.15) is 24.8 Å². The zero-order valence-electron chi connectivity index (χ0n) is 14.7. The number of anilines is 1. The first-order valence-corrected chi connectivity index (χ1v) is 9.12. The summed E-state index contributed by atoms with van der Waals surface area (Å²) in [5.74, 6) is 0.204. The average Bonchev–Trinajstić information content (AvgIpc) is 2.81. The number of carbonyl (C=O) groups is 1. The van der Waals surface area contributed by atoms with Crippen molar-refractivity contribution >= 4 is 11.6 Å². The molecule has 0 saturated carbocycles. The summed E-state index contributed by atoms with van der Waals surface area (Å²) in [4.78, 5) is 19.1. The molecule has 3 rings (SSSR count). The Labute approximate surface area is 144 Å². The molecule has 132 valence electrons. The van der Waals surface area contributed by atoms with Crippen molar-refractivity contribution in [3.05, 3.63) is 29.8 Å². The van der Waals surface area contributed by atoms with E-state index in [0.717, 1.165) is 52.0 Å². The van der Waals surface area contributed by atoms with Crippen LogP contribution < -0.4 is 4.90 Å². The molecule has 2 aliphatic rings. The van der Waals surface area contributed by atoms with Crippen LogP contribution >= 0.6 is 0 Å². The fraction of sp³-hybridized carbons (Fsp3) is 0.632. The molecule has 1 unspecified atom stereocenters. The summed E-state index contributed by atoms with van der Waals surface area (Å²) in [6.07, 6.45) is 2.57. The Morgan fingerprint density at radius 2 is 1.96 bits per heavy atom. The number of hydrogen-bond acceptors (Lipinski definition) is 4. The van der Waals surface area contributed by atoms with Gasteiger partial charge < -0.3 is 14.9 Å². The number of β-amino-alcohol motifs (C(OH)–C–C–N with tert-alkyl or cyclic N) is 1. The lowest BCUT2D eigenvalue weighted by Crippen LogP contribution is -2.46. The average molecular weight is 331 g/mol. The molecular weight excluding hydrogens is 302 g/mol. The molecule has 1 N–H and O–H groups in total. The van der Waals surface area contributed by atoms with Crippen LogP contribution in [-0.2, 0) is 4.79 Å². The van der Waals surface area contributed by atoms with Gasteiger partial charge in [-0.25, -0.2) is 0 Å². The van der Waals surface area contributed by atoms with Gasteiger partial charge in [0.25, 0.3) is 0 Å². The molecular formula is C19H29N3O2. The number of hydrogen-bond donors (Lipinski definition) is 1. The Balaban J connectivity index is 1.55. The zero-order chi connectivity index (χ0) is 16.9. The highest BCUT2D eigenvalue weighted by atomic mass is 16.3. The minimum absolute atomic E-state index is 0.204. The summed E-state index contributed by atoms with van der Waals surface area (Å²) in [5.41, 5.74) is 2.57. The lowest BCUT2D eigenvalue weighted by Gasteiger charge is -2.31. The number of para-hydroxylation sites is 1. The van der Waals surface area contributed by atoms with E-state index < -0.39 is 0 Å². The van der Waals surface area contributed by atoms with Crippen LogP contribution in [0.4, 0.5) is 5.69 Å². The SMILES string of the molecule is Cc1ccccc1N1CCCN(C(=O)CN2CCCC(O)C2)CC1. The molecule has 5 nitrogen and oxygen atoms in total. The second kappa shape index (κ2) is 7.99. The number of rotatable bonds is 3. The molecule has 1 amide bonds. The molecule has 5 heteroatoms. The smallest absolute Gasteiger partial charge is 0.236 e. The summed E-state index contributed by atoms with van der Waals surface area (Å²) in [6, 6.07) is 8.46. The van der Waals surface area contributed by atoms with E-state index >= 15 is 0 Å². The summed E-state index contributed by atoms with van der Waals surface area (Å²) in [6.45, 7) is 7.64. The van der Waals surface area contributed by atoms with Crippen molar-refractivity contribution in [3.63, 3.8) is 0 Å². The molecule has 2 saturated heterocycles. The van der Waals surface area contributed by atoms with Crippen molar-refractivity contribution in [2.75, 3.05) is 50.7 Å². The Hall–Kier alpha value is -1.59. The highest BCUT2D eigenvalue weighted by Crippen LogP contribution is 2.21. The first kappa shape index (κ1) is 17.2. The summed E-state index contributed by atoms with van der Waals surface area (Å²) >= 11 is 0. The van der Waals surface area contributed by atoms with E-state index in [1.54, 1.807) is 0 Å². The first-order valence-electron chi connectivity index (χ1n) is 9.12. The number of benzene rings is 1. The van der Waals surface area contributed by atoms with E-state index in [4.69, 9.17) is 0 Å². The topological polar surface area (TPSA) is 47.0 Å². The third-order valence-electron chi connectivity index (χ3n) is 5.14. The predicted octanol–water partition coefficient (Wildman–Crippen LogP) is 1.49. The highest BCUT2D eigenvalue weighted by Gasteiger charge is 2.24. The van der Waals surface area contributed by atoms with Gasteiger partial charge in [-0.2, -0.15) is 0 Å². The Morgan fingerprint density at radius 1 is 1.12 bits per heavy atom. The van der Waals surface area contributed by atoms with Gasteiger partial charge in [0.1, 0.15) is 0 Å². The summed E-state index contributed by atoms with van der Waals surface area (Å²) in [5, 5.41) is 9.76. The van der Waals surface area contributed by atoms with Crippen molar-refractivity contribution in [2.24, 2.45) is 0 Å². The number of aliphatic hydroxyl groups is 1. The monoisotopic (exact) mass is 331 g/mol. The molecule has 0 aromatic heterocycles. The van der Waals surface area contributed by atoms with E-state index in [-0.39, 0.29) is 12.0 Å². The van der Waals surface area contributed by atoms with Crippen LogP contribution in [-0.4, -0.2) is 72.7 Å². The summed E-state index contributed by atoms with van der Waals surface area (Å²) < 4.78 is 0. The van der Waals surface area contributed by atoms with Gasteiger partial charge in [0.2, 0.25) is 5.91 Å². The zero-order valence-corrected chi connectivity index (χ0v) is 14.7. The first-order chi connectivity index (χ1) is 11.6. The van der Waals surface area contributed by atoms with Crippen LogP contribution in [0.5, 0.6) is 0 Å². The lowest BCUT2D eigenvalue weighted by atomic mass is 10.1. The van der Waals surface area contributed by atoms with Gasteiger partial charge in [0, 0.05) is 38.4 Å². The Kier molecular flexibility index (Phi) is 5.74. The van der Waals surface area contributed by atoms with E-state index in [1.807, 2.05) is 4.90 Å². The maximum Gasteiger partial charge on any atom is 0.236 e. The van der Waals surface area contributed by atoms with Gasteiger partial charge in [-0.05, 0) is 44.4 Å². The molecule has 2 heterocycles. The Bertz CT molecular complexity index is 563. The van der Waals surface area contributed by atoms with E-state index in [1.165, 1.54) is 11.3 Å². The number of nitrogens with zero attached hydrogens (tertiary/aromatic N) is 3. The van der Waals surface area contributed by atoms with Crippen molar-refractivity contribution in [1.29, 1.82) is 0 Å². The van der Waals surface area contributed by atoms with Crippen molar-refractivity contribution in [2.45, 2.75) is 32.3 Å². The number of aryl methyl sites for hydroxylation is 1. The standard InChI is InChI=1S/C19H29N3O2/c1-16-6-2-3-8-18(16)21-10-5-11-22(13-12-21)19(24)15-20-9-4-7-17(23)14-20/h2-3,6,8,17,23H,4-5,7,9-15H2,1H3. The minimum Gasteiger partial charge on any atom is -0.392 e. The second-order valence-corrected chi connectivity index (χ2v) is 7.04. The molecule has 0 radical (unpaired) electrons. The van der Waals surface area contributed by atoms with E-state index in [2.05, 4.69) is 41.0 Å². The Morgan fingerprint density at radius 3 is 2.75 bits per heavy atom. The number of aliphatic hydroxyl groups excluding tert-OH is 1. The largest absolute Gasteiger partial charge is 0.392 e. The van der Waals surface area contributed by atoms with Crippen LogP contribution in [0.25, 0.3) is 0 Å². The van der Waals surface area contributed by atoms with Gasteiger partial charge in [-0.15, -0.1) is 0 Å². The van der Waals surface area contributed by atoms with E-state index in [0.29, 0.717) is 13.1 Å². The van der Waals surface area contributed by atoms with Gasteiger partial charge in [-0.3, -0.25) is 9.69 Å². The molecule has 1 aromatic rings. The molecule has 24 heavy (non-hydrogen) atoms. The maximum atomic E-state index is 12.6. The van der Waals surface area contributed by atoms with E-state index in [9.17, 15) is 9.90 Å². The maximum absolute atomic E-state index is 12.6. The molecule has 1 atom stereocenters. The normalized spacial score (nSPS) is 23.2. The number of likely N-dealkylation sites (tertiary alicyclic amines) is 1. The van der Waals surface area contributed by atoms with Crippen LogP contribution in [0, 0.1) is 6.92 Å². The van der Waals surface area contributed by atoms with Crippen molar-refractivity contribution in [3.8, 4) is 0 Å². The molecule has 2 aliphatic heterocycles. The van der Waals surface area contributed by atoms with Crippen LogP contribution in [0.15, 0.2) is 24.3 Å². The molecule has 0 aliphatic carbocycles. The number of carbonyl (C=O) groups excluding carboxylic acids is 1. The van der Waals surface area contributed by atoms with Gasteiger partial charge in [-0.1, -0.05) is 18.2 Å². The number of amides is 1. The molecule has 1 aromatic carbocycles. The van der Waals surface area contributed by atoms with Crippen molar-refractivity contribution < 1.29 is 9.90 Å². The van der Waals surface area contributed by atoms with Gasteiger partial charge >= 0.3 is 0 Å². The van der Waals surface area contributed by atoms with Gasteiger partial charge in [0.05, 0.1) is 12.6 Å². The van der Waals surface area contributed by atoms with Crippen molar-refractivity contribution in [1.82, 2.24) is 9.80 Å². The van der Waals surface area contributed by atoms with Gasteiger partial charge in [0.15, 0.2) is 0 Å². The summed E-state index contributed by atoms with van der Waals surface area (Å²) in [7, 11) is 0. The quantitative estimate of drug-likeness (QED) is 0.912. The third kappa shape index (κ3) is 4.28. The minimum atomic E-state index is -0.271. The second-order valence-electron chi connectivity index (χ2n) is 7.04. The fourth-order valence-electron chi connectivity index (χ4n) is 3.79.